The lowest BCUT2D eigenvalue weighted by atomic mass is 10.2. The molecule has 30 heavy (non-hydrogen) atoms. The number of carbonyl (C=O) groups is 2. The summed E-state index contributed by atoms with van der Waals surface area (Å²) in [6, 6.07) is 4.52. The predicted octanol–water partition coefficient (Wildman–Crippen LogP) is 1.78. The molecule has 0 bridgehead atoms. The fraction of sp³-hybridized carbons (Fsp3) is 0.312. The van der Waals surface area contributed by atoms with E-state index in [1.165, 1.54) is 16.8 Å². The highest BCUT2D eigenvalue weighted by molar-refractivity contribution is 7.99. The van der Waals surface area contributed by atoms with Crippen LogP contribution in [0.4, 0.5) is 18.0 Å². The molecule has 1 aromatic carbocycles. The fourth-order valence-electron chi connectivity index (χ4n) is 2.43. The Kier molecular flexibility index (Phi) is 6.44. The molecule has 0 fully saturated rings. The first-order chi connectivity index (χ1) is 14.3. The molecule has 0 saturated heterocycles. The number of nitrogens with one attached hydrogen (secondary N) is 2. The Hall–Kier alpha value is -3.29. The van der Waals surface area contributed by atoms with Crippen LogP contribution in [-0.4, -0.2) is 57.5 Å². The zero-order valence-corrected chi connectivity index (χ0v) is 16.2. The SMILES string of the molecule is CCOC(=O)C1=C(CSc2nnnn2-c2ccc(OC(F)(F)F)cc2)NC(=O)NC1. The van der Waals surface area contributed by atoms with Gasteiger partial charge < -0.3 is 20.1 Å². The van der Waals surface area contributed by atoms with E-state index in [-0.39, 0.29) is 30.2 Å². The summed E-state index contributed by atoms with van der Waals surface area (Å²) in [6.45, 7) is 1.87. The monoisotopic (exact) mass is 444 g/mol. The Labute approximate surface area is 171 Å². The number of hydrogen-bond donors (Lipinski definition) is 2. The average Bonchev–Trinajstić information content (AvgIpc) is 3.14. The third-order valence-corrected chi connectivity index (χ3v) is 4.62. The van der Waals surface area contributed by atoms with E-state index in [2.05, 4.69) is 30.9 Å². The molecule has 1 aliphatic rings. The van der Waals surface area contributed by atoms with E-state index in [4.69, 9.17) is 4.74 Å². The average molecular weight is 444 g/mol. The first kappa shape index (κ1) is 21.4. The van der Waals surface area contributed by atoms with Gasteiger partial charge in [0, 0.05) is 11.4 Å². The smallest absolute Gasteiger partial charge is 0.463 e. The maximum absolute atomic E-state index is 12.3. The minimum atomic E-state index is -4.79. The molecule has 0 saturated carbocycles. The van der Waals surface area contributed by atoms with E-state index >= 15 is 0 Å². The van der Waals surface area contributed by atoms with Crippen LogP contribution >= 0.6 is 11.8 Å². The number of nitrogens with zero attached hydrogens (tertiary/aromatic N) is 4. The van der Waals surface area contributed by atoms with Gasteiger partial charge >= 0.3 is 18.4 Å². The Balaban J connectivity index is 1.75. The van der Waals surface area contributed by atoms with Crippen molar-refractivity contribution in [2.75, 3.05) is 18.9 Å². The van der Waals surface area contributed by atoms with Gasteiger partial charge in [0.15, 0.2) is 0 Å². The van der Waals surface area contributed by atoms with Crippen molar-refractivity contribution in [1.82, 2.24) is 30.8 Å². The van der Waals surface area contributed by atoms with Gasteiger partial charge in [-0.25, -0.2) is 9.59 Å². The van der Waals surface area contributed by atoms with Gasteiger partial charge in [0.25, 0.3) is 0 Å². The number of alkyl halides is 3. The van der Waals surface area contributed by atoms with E-state index in [9.17, 15) is 22.8 Å². The van der Waals surface area contributed by atoms with Gasteiger partial charge in [0.1, 0.15) is 5.75 Å². The number of amides is 2. The molecule has 2 aromatic rings. The third kappa shape index (κ3) is 5.40. The van der Waals surface area contributed by atoms with E-state index in [1.807, 2.05) is 0 Å². The van der Waals surface area contributed by atoms with Crippen molar-refractivity contribution in [2.45, 2.75) is 18.4 Å². The van der Waals surface area contributed by atoms with Crippen LogP contribution in [0.2, 0.25) is 0 Å². The minimum absolute atomic E-state index is 0.0200. The minimum Gasteiger partial charge on any atom is -0.463 e. The van der Waals surface area contributed by atoms with Gasteiger partial charge in [-0.2, -0.15) is 4.68 Å². The molecule has 2 N–H and O–H groups in total. The number of benzene rings is 1. The number of halogens is 3. The molecular formula is C16H15F3N6O4S. The van der Waals surface area contributed by atoms with E-state index in [1.54, 1.807) is 6.92 Å². The molecule has 0 unspecified atom stereocenters. The summed E-state index contributed by atoms with van der Waals surface area (Å²) in [5.74, 6) is -0.785. The molecule has 3 rings (SSSR count). The summed E-state index contributed by atoms with van der Waals surface area (Å²) in [7, 11) is 0. The summed E-state index contributed by atoms with van der Waals surface area (Å²) < 4.78 is 47.0. The number of tetrazole rings is 1. The Morgan fingerprint density at radius 1 is 1.30 bits per heavy atom. The molecule has 0 spiro atoms. The fourth-order valence-corrected chi connectivity index (χ4v) is 3.30. The van der Waals surface area contributed by atoms with Gasteiger partial charge in [-0.3, -0.25) is 0 Å². The lowest BCUT2D eigenvalue weighted by molar-refractivity contribution is -0.274. The number of rotatable bonds is 7. The van der Waals surface area contributed by atoms with Crippen molar-refractivity contribution >= 4 is 23.8 Å². The Bertz CT molecular complexity index is 961. The lowest BCUT2D eigenvalue weighted by Gasteiger charge is -2.20. The second-order valence-corrected chi connectivity index (χ2v) is 6.63. The molecule has 2 amide bonds. The molecule has 0 aliphatic carbocycles. The predicted molar refractivity (Wildman–Crippen MR) is 96.8 cm³/mol. The molecule has 0 radical (unpaired) electrons. The second kappa shape index (κ2) is 9.02. The van der Waals surface area contributed by atoms with Gasteiger partial charge in [0.2, 0.25) is 5.16 Å². The van der Waals surface area contributed by atoms with Gasteiger partial charge in [0.05, 0.1) is 24.4 Å². The molecule has 10 nitrogen and oxygen atoms in total. The molecule has 2 heterocycles. The first-order valence-corrected chi connectivity index (χ1v) is 9.46. The standard InChI is InChI=1S/C16H15F3N6O4S/c1-2-28-13(26)11-7-20-14(27)21-12(11)8-30-15-22-23-24-25(15)9-3-5-10(6-4-9)29-16(17,18)19/h3-6H,2,7-8H2,1H3,(H2,20,21,27). The normalized spacial score (nSPS) is 14.2. The molecule has 14 heteroatoms. The lowest BCUT2D eigenvalue weighted by Crippen LogP contribution is -2.44. The maximum atomic E-state index is 12.3. The van der Waals surface area contributed by atoms with E-state index in [0.717, 1.165) is 23.9 Å². The molecule has 160 valence electrons. The van der Waals surface area contributed by atoms with Crippen molar-refractivity contribution in [2.24, 2.45) is 0 Å². The topological polar surface area (TPSA) is 120 Å². The summed E-state index contributed by atoms with van der Waals surface area (Å²) >= 11 is 1.12. The van der Waals surface area contributed by atoms with Crippen LogP contribution in [0.25, 0.3) is 5.69 Å². The van der Waals surface area contributed by atoms with Crippen LogP contribution in [-0.2, 0) is 9.53 Å². The quantitative estimate of drug-likeness (QED) is 0.490. The number of carbonyl (C=O) groups excluding carboxylic acids is 2. The van der Waals surface area contributed by atoms with Crippen LogP contribution in [0, 0.1) is 0 Å². The van der Waals surface area contributed by atoms with Crippen LogP contribution in [0.15, 0.2) is 40.7 Å². The number of thioether (sulfide) groups is 1. The number of ether oxygens (including phenoxy) is 2. The van der Waals surface area contributed by atoms with Crippen molar-refractivity contribution in [3.05, 3.63) is 35.5 Å². The highest BCUT2D eigenvalue weighted by Gasteiger charge is 2.31. The van der Waals surface area contributed by atoms with E-state index in [0.29, 0.717) is 16.5 Å². The van der Waals surface area contributed by atoms with E-state index < -0.39 is 18.4 Å². The highest BCUT2D eigenvalue weighted by atomic mass is 32.2. The molecular weight excluding hydrogens is 429 g/mol. The van der Waals surface area contributed by atoms with Crippen molar-refractivity contribution in [3.63, 3.8) is 0 Å². The molecule has 1 aliphatic heterocycles. The van der Waals surface area contributed by atoms with Crippen LogP contribution < -0.4 is 15.4 Å². The van der Waals surface area contributed by atoms with Crippen LogP contribution in [0.1, 0.15) is 6.92 Å². The summed E-state index contributed by atoms with van der Waals surface area (Å²) in [5, 5.41) is 16.6. The zero-order chi connectivity index (χ0) is 21.7. The summed E-state index contributed by atoms with van der Waals surface area (Å²) in [6.07, 6.45) is -4.79. The van der Waals surface area contributed by atoms with Crippen LogP contribution in [0.3, 0.4) is 0 Å². The largest absolute Gasteiger partial charge is 0.573 e. The first-order valence-electron chi connectivity index (χ1n) is 8.48. The summed E-state index contributed by atoms with van der Waals surface area (Å²) in [4.78, 5) is 23.7. The summed E-state index contributed by atoms with van der Waals surface area (Å²) in [5.41, 5.74) is 1.02. The second-order valence-electron chi connectivity index (χ2n) is 5.69. The zero-order valence-electron chi connectivity index (χ0n) is 15.4. The highest BCUT2D eigenvalue weighted by Crippen LogP contribution is 2.26. The maximum Gasteiger partial charge on any atom is 0.573 e. The number of hydrogen-bond acceptors (Lipinski definition) is 8. The number of esters is 1. The van der Waals surface area contributed by atoms with Gasteiger partial charge in [-0.15, -0.1) is 18.3 Å². The van der Waals surface area contributed by atoms with Crippen LogP contribution in [0.5, 0.6) is 5.75 Å². The number of aromatic nitrogens is 4. The Morgan fingerprint density at radius 3 is 2.70 bits per heavy atom. The van der Waals surface area contributed by atoms with Gasteiger partial charge in [-0.1, -0.05) is 11.8 Å². The third-order valence-electron chi connectivity index (χ3n) is 3.68. The van der Waals surface area contributed by atoms with Gasteiger partial charge in [-0.05, 0) is 41.6 Å². The molecule has 0 atom stereocenters. The molecule has 1 aromatic heterocycles. The van der Waals surface area contributed by atoms with Crippen molar-refractivity contribution in [3.8, 4) is 11.4 Å². The Morgan fingerprint density at radius 2 is 2.03 bits per heavy atom. The number of urea groups is 1. The van der Waals surface area contributed by atoms with Crippen molar-refractivity contribution < 1.29 is 32.2 Å². The van der Waals surface area contributed by atoms with Crippen molar-refractivity contribution in [1.29, 1.82) is 0 Å².